The van der Waals surface area contributed by atoms with Gasteiger partial charge in [0.2, 0.25) is 0 Å². The fraction of sp³-hybridized carbons (Fsp3) is 0.545. The number of unbranched alkanes of at least 4 members (excludes halogenated alkanes) is 1. The van der Waals surface area contributed by atoms with E-state index in [-0.39, 0.29) is 18.6 Å². The second-order valence-electron chi connectivity index (χ2n) is 3.67. The lowest BCUT2D eigenvalue weighted by Crippen LogP contribution is -2.10. The number of allylic oxidation sites excluding steroid dienone is 1. The molecule has 1 aromatic heterocycles. The number of aryl methyl sites for hydroxylation is 1. The van der Waals surface area contributed by atoms with Gasteiger partial charge in [0.15, 0.2) is 5.69 Å². The number of aliphatic hydroxyl groups excluding tert-OH is 1. The van der Waals surface area contributed by atoms with E-state index in [1.165, 1.54) is 10.9 Å². The van der Waals surface area contributed by atoms with E-state index >= 15 is 0 Å². The van der Waals surface area contributed by atoms with Crippen LogP contribution in [0.15, 0.2) is 18.9 Å². The molecular formula is C11H15F3N2O. The highest BCUT2D eigenvalue weighted by atomic mass is 19.4. The van der Waals surface area contributed by atoms with E-state index in [0.29, 0.717) is 13.0 Å². The Morgan fingerprint density at radius 3 is 2.71 bits per heavy atom. The highest BCUT2D eigenvalue weighted by Gasteiger charge is 2.36. The number of halogens is 3. The second kappa shape index (κ2) is 5.86. The molecule has 0 spiro atoms. The molecule has 0 saturated heterocycles. The third-order valence-electron chi connectivity index (χ3n) is 2.28. The molecule has 0 radical (unpaired) electrons. The van der Waals surface area contributed by atoms with Crippen molar-refractivity contribution in [3.05, 3.63) is 30.1 Å². The van der Waals surface area contributed by atoms with Crippen molar-refractivity contribution >= 4 is 0 Å². The third kappa shape index (κ3) is 3.89. The van der Waals surface area contributed by atoms with Crippen LogP contribution in [0.5, 0.6) is 0 Å². The van der Waals surface area contributed by atoms with Crippen LogP contribution in [-0.4, -0.2) is 21.5 Å². The molecule has 0 saturated carbocycles. The van der Waals surface area contributed by atoms with E-state index in [4.69, 9.17) is 5.11 Å². The Labute approximate surface area is 97.6 Å². The van der Waals surface area contributed by atoms with Gasteiger partial charge < -0.3 is 5.11 Å². The Kier molecular flexibility index (Phi) is 4.74. The minimum atomic E-state index is -4.46. The Balaban J connectivity index is 2.84. The molecule has 1 heterocycles. The smallest absolute Gasteiger partial charge is 0.396 e. The van der Waals surface area contributed by atoms with Crippen molar-refractivity contribution in [3.8, 4) is 0 Å². The van der Waals surface area contributed by atoms with Crippen LogP contribution < -0.4 is 0 Å². The molecule has 0 atom stereocenters. The van der Waals surface area contributed by atoms with Crippen molar-refractivity contribution in [2.24, 2.45) is 0 Å². The van der Waals surface area contributed by atoms with Gasteiger partial charge in [0.05, 0.1) is 0 Å². The summed E-state index contributed by atoms with van der Waals surface area (Å²) in [6.07, 6.45) is -0.00693. The van der Waals surface area contributed by atoms with Crippen molar-refractivity contribution in [1.82, 2.24) is 9.78 Å². The van der Waals surface area contributed by atoms with Gasteiger partial charge in [0.25, 0.3) is 0 Å². The normalized spacial score (nSPS) is 11.8. The Bertz CT molecular complexity index is 371. The molecule has 0 unspecified atom stereocenters. The zero-order valence-electron chi connectivity index (χ0n) is 9.37. The van der Waals surface area contributed by atoms with E-state index in [9.17, 15) is 13.2 Å². The van der Waals surface area contributed by atoms with Crippen LogP contribution >= 0.6 is 0 Å². The SMILES string of the molecule is C=CCCCn1cc(CCO)c(C(F)(F)F)n1. The van der Waals surface area contributed by atoms with Gasteiger partial charge in [-0.2, -0.15) is 18.3 Å². The fourth-order valence-electron chi connectivity index (χ4n) is 1.52. The predicted octanol–water partition coefficient (Wildman–Crippen LogP) is 2.40. The minimum Gasteiger partial charge on any atom is -0.396 e. The van der Waals surface area contributed by atoms with Crippen molar-refractivity contribution in [2.75, 3.05) is 6.61 Å². The number of rotatable bonds is 6. The lowest BCUT2D eigenvalue weighted by molar-refractivity contribution is -0.142. The Morgan fingerprint density at radius 1 is 1.47 bits per heavy atom. The number of nitrogens with zero attached hydrogens (tertiary/aromatic N) is 2. The van der Waals surface area contributed by atoms with Gasteiger partial charge >= 0.3 is 6.18 Å². The van der Waals surface area contributed by atoms with Crippen molar-refractivity contribution < 1.29 is 18.3 Å². The van der Waals surface area contributed by atoms with Crippen LogP contribution in [-0.2, 0) is 19.1 Å². The summed E-state index contributed by atoms with van der Waals surface area (Å²) in [5, 5.41) is 12.2. The molecule has 0 aliphatic heterocycles. The third-order valence-corrected chi connectivity index (χ3v) is 2.28. The van der Waals surface area contributed by atoms with Crippen LogP contribution in [0.3, 0.4) is 0 Å². The van der Waals surface area contributed by atoms with Gasteiger partial charge in [-0.25, -0.2) is 0 Å². The summed E-state index contributed by atoms with van der Waals surface area (Å²) in [4.78, 5) is 0. The summed E-state index contributed by atoms with van der Waals surface area (Å²) in [6.45, 7) is 3.64. The van der Waals surface area contributed by atoms with Gasteiger partial charge in [0.1, 0.15) is 0 Å². The number of hydrogen-bond donors (Lipinski definition) is 1. The van der Waals surface area contributed by atoms with E-state index in [0.717, 1.165) is 6.42 Å². The van der Waals surface area contributed by atoms with Gasteiger partial charge in [-0.05, 0) is 19.3 Å². The van der Waals surface area contributed by atoms with E-state index in [1.807, 2.05) is 0 Å². The van der Waals surface area contributed by atoms with Gasteiger partial charge in [-0.3, -0.25) is 4.68 Å². The lowest BCUT2D eigenvalue weighted by atomic mass is 10.2. The quantitative estimate of drug-likeness (QED) is 0.620. The molecule has 3 nitrogen and oxygen atoms in total. The highest BCUT2D eigenvalue weighted by Crippen LogP contribution is 2.30. The molecule has 0 amide bonds. The van der Waals surface area contributed by atoms with E-state index in [2.05, 4.69) is 11.7 Å². The number of alkyl halides is 3. The Morgan fingerprint density at radius 2 is 2.18 bits per heavy atom. The standard InChI is InChI=1S/C11H15F3N2O/c1-2-3-4-6-16-8-9(5-7-17)10(15-16)11(12,13)14/h2,8,17H,1,3-7H2. The molecule has 17 heavy (non-hydrogen) atoms. The van der Waals surface area contributed by atoms with Crippen LogP contribution in [0.25, 0.3) is 0 Å². The largest absolute Gasteiger partial charge is 0.435 e. The monoisotopic (exact) mass is 248 g/mol. The predicted molar refractivity (Wildman–Crippen MR) is 57.4 cm³/mol. The second-order valence-corrected chi connectivity index (χ2v) is 3.67. The molecule has 1 rings (SSSR count). The number of aromatic nitrogens is 2. The van der Waals surface area contributed by atoms with Crippen LogP contribution in [0.1, 0.15) is 24.1 Å². The maximum absolute atomic E-state index is 12.6. The Hall–Kier alpha value is -1.30. The highest BCUT2D eigenvalue weighted by molar-refractivity contribution is 5.20. The summed E-state index contributed by atoms with van der Waals surface area (Å²) in [5.74, 6) is 0. The van der Waals surface area contributed by atoms with Crippen LogP contribution in [0.2, 0.25) is 0 Å². The maximum Gasteiger partial charge on any atom is 0.435 e. The molecule has 0 aliphatic rings. The molecule has 6 heteroatoms. The molecule has 0 aromatic carbocycles. The maximum atomic E-state index is 12.6. The summed E-state index contributed by atoms with van der Waals surface area (Å²) < 4.78 is 39.1. The number of hydrogen-bond acceptors (Lipinski definition) is 2. The molecule has 1 aromatic rings. The topological polar surface area (TPSA) is 38.0 Å². The summed E-state index contributed by atoms with van der Waals surface area (Å²) >= 11 is 0. The molecule has 0 aliphatic carbocycles. The van der Waals surface area contributed by atoms with Crippen molar-refractivity contribution in [2.45, 2.75) is 32.0 Å². The first kappa shape index (κ1) is 13.8. The van der Waals surface area contributed by atoms with Gasteiger partial charge in [-0.1, -0.05) is 6.08 Å². The molecule has 96 valence electrons. The first-order valence-electron chi connectivity index (χ1n) is 5.34. The average molecular weight is 248 g/mol. The van der Waals surface area contributed by atoms with Gasteiger partial charge in [0, 0.05) is 24.9 Å². The fourth-order valence-corrected chi connectivity index (χ4v) is 1.52. The van der Waals surface area contributed by atoms with E-state index in [1.54, 1.807) is 6.08 Å². The molecule has 1 N–H and O–H groups in total. The first-order chi connectivity index (χ1) is 7.99. The molecule has 0 bridgehead atoms. The van der Waals surface area contributed by atoms with Crippen molar-refractivity contribution in [3.63, 3.8) is 0 Å². The lowest BCUT2D eigenvalue weighted by Gasteiger charge is -2.04. The number of aliphatic hydroxyl groups is 1. The zero-order chi connectivity index (χ0) is 12.9. The average Bonchev–Trinajstić information content (AvgIpc) is 2.62. The van der Waals surface area contributed by atoms with Crippen LogP contribution in [0.4, 0.5) is 13.2 Å². The first-order valence-corrected chi connectivity index (χ1v) is 5.34. The summed E-state index contributed by atoms with van der Waals surface area (Å²) in [5.41, 5.74) is -0.858. The molecular weight excluding hydrogens is 233 g/mol. The van der Waals surface area contributed by atoms with Crippen molar-refractivity contribution in [1.29, 1.82) is 0 Å². The molecule has 0 fully saturated rings. The van der Waals surface area contributed by atoms with E-state index < -0.39 is 11.9 Å². The zero-order valence-corrected chi connectivity index (χ0v) is 9.37. The minimum absolute atomic E-state index is 0.0314. The summed E-state index contributed by atoms with van der Waals surface area (Å²) in [6, 6.07) is 0. The van der Waals surface area contributed by atoms with Gasteiger partial charge in [-0.15, -0.1) is 6.58 Å². The van der Waals surface area contributed by atoms with Crippen LogP contribution in [0, 0.1) is 0 Å². The summed E-state index contributed by atoms with van der Waals surface area (Å²) in [7, 11) is 0.